The molecule has 0 amide bonds. The first-order valence-corrected chi connectivity index (χ1v) is 7.02. The van der Waals surface area contributed by atoms with Crippen molar-refractivity contribution in [3.05, 3.63) is 64.6 Å². The molecule has 0 spiro atoms. The molecule has 0 aliphatic rings. The molecule has 0 atom stereocenters. The van der Waals surface area contributed by atoms with Crippen molar-refractivity contribution >= 4 is 5.78 Å². The Hall–Kier alpha value is -2.36. The number of ketones is 1. The van der Waals surface area contributed by atoms with E-state index in [1.807, 2.05) is 30.3 Å². The van der Waals surface area contributed by atoms with E-state index in [9.17, 15) is 9.59 Å². The number of hydrogen-bond acceptors (Lipinski definition) is 3. The molecule has 21 heavy (non-hydrogen) atoms. The van der Waals surface area contributed by atoms with E-state index in [1.165, 1.54) is 6.07 Å². The SMILES string of the molecule is CC(=O)CCc1ccc(OCCn2ccccc2=O)cc1. The summed E-state index contributed by atoms with van der Waals surface area (Å²) >= 11 is 0. The summed E-state index contributed by atoms with van der Waals surface area (Å²) in [5.74, 6) is 0.967. The van der Waals surface area contributed by atoms with E-state index in [0.717, 1.165) is 17.7 Å². The molecule has 0 fully saturated rings. The Kier molecular flexibility index (Phi) is 5.32. The van der Waals surface area contributed by atoms with Crippen LogP contribution in [0.25, 0.3) is 0 Å². The van der Waals surface area contributed by atoms with Gasteiger partial charge in [0.2, 0.25) is 0 Å². The third-order valence-electron chi connectivity index (χ3n) is 3.19. The zero-order chi connectivity index (χ0) is 15.1. The fourth-order valence-corrected chi connectivity index (χ4v) is 1.98. The van der Waals surface area contributed by atoms with Crippen molar-refractivity contribution in [2.75, 3.05) is 6.61 Å². The Morgan fingerprint density at radius 3 is 2.57 bits per heavy atom. The minimum Gasteiger partial charge on any atom is -0.492 e. The summed E-state index contributed by atoms with van der Waals surface area (Å²) < 4.78 is 7.23. The summed E-state index contributed by atoms with van der Waals surface area (Å²) in [6.07, 6.45) is 3.07. The van der Waals surface area contributed by atoms with Gasteiger partial charge in [-0.2, -0.15) is 0 Å². The average molecular weight is 285 g/mol. The molecule has 2 rings (SSSR count). The van der Waals surface area contributed by atoms with Crippen molar-refractivity contribution in [1.82, 2.24) is 4.57 Å². The Labute approximate surface area is 124 Å². The van der Waals surface area contributed by atoms with Crippen molar-refractivity contribution in [1.29, 1.82) is 0 Å². The second-order valence-electron chi connectivity index (χ2n) is 4.93. The summed E-state index contributed by atoms with van der Waals surface area (Å²) in [7, 11) is 0. The van der Waals surface area contributed by atoms with E-state index >= 15 is 0 Å². The smallest absolute Gasteiger partial charge is 0.250 e. The molecule has 2 aromatic rings. The van der Waals surface area contributed by atoms with Crippen molar-refractivity contribution in [2.45, 2.75) is 26.3 Å². The van der Waals surface area contributed by atoms with Crippen LogP contribution in [-0.2, 0) is 17.8 Å². The van der Waals surface area contributed by atoms with Gasteiger partial charge < -0.3 is 14.1 Å². The second kappa shape index (κ2) is 7.43. The van der Waals surface area contributed by atoms with Crippen molar-refractivity contribution in [2.24, 2.45) is 0 Å². The number of aryl methyl sites for hydroxylation is 1. The quantitative estimate of drug-likeness (QED) is 0.785. The third kappa shape index (κ3) is 4.91. The molecule has 0 saturated heterocycles. The van der Waals surface area contributed by atoms with E-state index in [-0.39, 0.29) is 11.3 Å². The van der Waals surface area contributed by atoms with Gasteiger partial charge in [0.1, 0.15) is 18.1 Å². The van der Waals surface area contributed by atoms with Crippen LogP contribution in [0.15, 0.2) is 53.5 Å². The molecule has 0 radical (unpaired) electrons. The van der Waals surface area contributed by atoms with Crippen LogP contribution in [-0.4, -0.2) is 17.0 Å². The Balaban J connectivity index is 1.82. The molecule has 1 aromatic carbocycles. The maximum Gasteiger partial charge on any atom is 0.250 e. The molecule has 0 N–H and O–H groups in total. The molecule has 4 heteroatoms. The Morgan fingerprint density at radius 1 is 1.14 bits per heavy atom. The van der Waals surface area contributed by atoms with E-state index in [2.05, 4.69) is 0 Å². The highest BCUT2D eigenvalue weighted by molar-refractivity contribution is 5.75. The van der Waals surface area contributed by atoms with Crippen LogP contribution in [0.1, 0.15) is 18.9 Å². The highest BCUT2D eigenvalue weighted by Gasteiger charge is 1.99. The van der Waals surface area contributed by atoms with Crippen LogP contribution in [0, 0.1) is 0 Å². The number of rotatable bonds is 7. The van der Waals surface area contributed by atoms with Crippen LogP contribution in [0.3, 0.4) is 0 Å². The Morgan fingerprint density at radius 2 is 1.90 bits per heavy atom. The van der Waals surface area contributed by atoms with Gasteiger partial charge >= 0.3 is 0 Å². The third-order valence-corrected chi connectivity index (χ3v) is 3.19. The lowest BCUT2D eigenvalue weighted by atomic mass is 10.1. The van der Waals surface area contributed by atoms with Gasteiger partial charge in [0.15, 0.2) is 0 Å². The monoisotopic (exact) mass is 285 g/mol. The number of Topliss-reactive ketones (excluding diaryl/α,β-unsaturated/α-hetero) is 1. The van der Waals surface area contributed by atoms with Gasteiger partial charge in [-0.25, -0.2) is 0 Å². The molecule has 1 heterocycles. The first kappa shape index (κ1) is 15.0. The fraction of sp³-hybridized carbons (Fsp3) is 0.294. The van der Waals surface area contributed by atoms with Crippen molar-refractivity contribution < 1.29 is 9.53 Å². The van der Waals surface area contributed by atoms with Crippen LogP contribution in [0.4, 0.5) is 0 Å². The van der Waals surface area contributed by atoms with E-state index in [0.29, 0.717) is 19.6 Å². The summed E-state index contributed by atoms with van der Waals surface area (Å²) in [6, 6.07) is 12.8. The van der Waals surface area contributed by atoms with Crippen LogP contribution in [0.5, 0.6) is 5.75 Å². The van der Waals surface area contributed by atoms with Gasteiger partial charge in [-0.3, -0.25) is 4.79 Å². The first-order chi connectivity index (χ1) is 10.1. The molecule has 0 aliphatic carbocycles. The number of pyridine rings is 1. The van der Waals surface area contributed by atoms with E-state index in [4.69, 9.17) is 4.74 Å². The normalized spacial score (nSPS) is 10.3. The van der Waals surface area contributed by atoms with E-state index < -0.39 is 0 Å². The Bertz CT molecular complexity index is 644. The van der Waals surface area contributed by atoms with Crippen LogP contribution >= 0.6 is 0 Å². The first-order valence-electron chi connectivity index (χ1n) is 7.02. The second-order valence-corrected chi connectivity index (χ2v) is 4.93. The highest BCUT2D eigenvalue weighted by Crippen LogP contribution is 2.13. The topological polar surface area (TPSA) is 48.3 Å². The number of ether oxygens (including phenoxy) is 1. The maximum absolute atomic E-state index is 11.5. The number of hydrogen-bond donors (Lipinski definition) is 0. The van der Waals surface area contributed by atoms with Gasteiger partial charge in [0, 0.05) is 18.7 Å². The number of carbonyl (C=O) groups excluding carboxylic acids is 1. The number of aromatic nitrogens is 1. The molecule has 0 aliphatic heterocycles. The lowest BCUT2D eigenvalue weighted by Gasteiger charge is -2.08. The van der Waals surface area contributed by atoms with Crippen molar-refractivity contribution in [3.63, 3.8) is 0 Å². The van der Waals surface area contributed by atoms with Crippen LogP contribution in [0.2, 0.25) is 0 Å². The number of benzene rings is 1. The summed E-state index contributed by atoms with van der Waals surface area (Å²) in [6.45, 7) is 2.56. The van der Waals surface area contributed by atoms with Gasteiger partial charge in [0.05, 0.1) is 6.54 Å². The predicted octanol–water partition coefficient (Wildman–Crippen LogP) is 2.45. The number of nitrogens with zero attached hydrogens (tertiary/aromatic N) is 1. The zero-order valence-electron chi connectivity index (χ0n) is 12.1. The average Bonchev–Trinajstić information content (AvgIpc) is 2.48. The number of carbonyl (C=O) groups is 1. The van der Waals surface area contributed by atoms with E-state index in [1.54, 1.807) is 23.8 Å². The summed E-state index contributed by atoms with van der Waals surface area (Å²) in [4.78, 5) is 22.4. The molecule has 4 nitrogen and oxygen atoms in total. The summed E-state index contributed by atoms with van der Waals surface area (Å²) in [5.41, 5.74) is 1.09. The molecule has 0 unspecified atom stereocenters. The summed E-state index contributed by atoms with van der Waals surface area (Å²) in [5, 5.41) is 0. The lowest BCUT2D eigenvalue weighted by Crippen LogP contribution is -2.21. The van der Waals surface area contributed by atoms with Crippen LogP contribution < -0.4 is 10.3 Å². The fourth-order valence-electron chi connectivity index (χ4n) is 1.98. The maximum atomic E-state index is 11.5. The van der Waals surface area contributed by atoms with Gasteiger partial charge in [-0.1, -0.05) is 18.2 Å². The molecular formula is C17H19NO3. The molecule has 0 bridgehead atoms. The highest BCUT2D eigenvalue weighted by atomic mass is 16.5. The molecular weight excluding hydrogens is 266 g/mol. The minimum absolute atomic E-state index is 0.0271. The lowest BCUT2D eigenvalue weighted by molar-refractivity contribution is -0.116. The molecule has 1 aromatic heterocycles. The van der Waals surface area contributed by atoms with Gasteiger partial charge in [-0.15, -0.1) is 0 Å². The van der Waals surface area contributed by atoms with Crippen molar-refractivity contribution in [3.8, 4) is 5.75 Å². The molecule has 0 saturated carbocycles. The zero-order valence-corrected chi connectivity index (χ0v) is 12.1. The largest absolute Gasteiger partial charge is 0.492 e. The predicted molar refractivity (Wildman–Crippen MR) is 81.6 cm³/mol. The standard InChI is InChI=1S/C17H19NO3/c1-14(19)5-6-15-7-9-16(10-8-15)21-13-12-18-11-3-2-4-17(18)20/h2-4,7-11H,5-6,12-13H2,1H3. The molecule has 110 valence electrons. The minimum atomic E-state index is -0.0271. The van der Waals surface area contributed by atoms with Gasteiger partial charge in [0.25, 0.3) is 5.56 Å². The van der Waals surface area contributed by atoms with Gasteiger partial charge in [-0.05, 0) is 37.1 Å².